The fraction of sp³-hybridized carbons (Fsp3) is 0.909. The summed E-state index contributed by atoms with van der Waals surface area (Å²) in [5, 5.41) is 3.30. The molecule has 1 amide bonds. The summed E-state index contributed by atoms with van der Waals surface area (Å²) in [5.41, 5.74) is 4.85. The number of carbonyl (C=O) groups is 1. The number of carbonyl (C=O) groups excluding carboxylic acids is 1. The zero-order valence-electron chi connectivity index (χ0n) is 10.1. The van der Waals surface area contributed by atoms with Gasteiger partial charge in [0.2, 0.25) is 5.91 Å². The zero-order chi connectivity index (χ0) is 11.4. The molecule has 84 valence electrons. The van der Waals surface area contributed by atoms with E-state index in [4.69, 9.17) is 5.73 Å². The highest BCUT2D eigenvalue weighted by molar-refractivity contribution is 5.84. The molecular formula is C11H24N2O. The summed E-state index contributed by atoms with van der Waals surface area (Å²) in [6.07, 6.45) is 1.79. The Morgan fingerprint density at radius 3 is 2.21 bits per heavy atom. The van der Waals surface area contributed by atoms with Gasteiger partial charge >= 0.3 is 0 Å². The smallest absolute Gasteiger partial charge is 0.237 e. The van der Waals surface area contributed by atoms with Crippen molar-refractivity contribution in [1.82, 2.24) is 5.32 Å². The molecule has 0 aromatic rings. The Bertz CT molecular complexity index is 192. The van der Waals surface area contributed by atoms with E-state index < -0.39 is 5.54 Å². The van der Waals surface area contributed by atoms with E-state index in [1.807, 2.05) is 6.92 Å². The molecule has 0 fully saturated rings. The summed E-state index contributed by atoms with van der Waals surface area (Å²) < 4.78 is 0. The SMILES string of the molecule is CCC(C)NC(C)(CC(C)C)C(N)=O. The van der Waals surface area contributed by atoms with Gasteiger partial charge in [-0.25, -0.2) is 0 Å². The van der Waals surface area contributed by atoms with Crippen LogP contribution >= 0.6 is 0 Å². The minimum absolute atomic E-state index is 0.258. The molecule has 0 saturated carbocycles. The van der Waals surface area contributed by atoms with Gasteiger partial charge in [0.15, 0.2) is 0 Å². The molecule has 0 heterocycles. The Morgan fingerprint density at radius 2 is 1.93 bits per heavy atom. The quantitative estimate of drug-likeness (QED) is 0.685. The van der Waals surface area contributed by atoms with Crippen LogP contribution < -0.4 is 11.1 Å². The van der Waals surface area contributed by atoms with Crippen LogP contribution in [0.2, 0.25) is 0 Å². The highest BCUT2D eigenvalue weighted by Crippen LogP contribution is 2.17. The summed E-state index contributed by atoms with van der Waals surface area (Å²) in [6.45, 7) is 10.2. The Morgan fingerprint density at radius 1 is 1.43 bits per heavy atom. The maximum atomic E-state index is 11.4. The first-order valence-electron chi connectivity index (χ1n) is 5.39. The number of hydrogen-bond donors (Lipinski definition) is 2. The van der Waals surface area contributed by atoms with E-state index in [0.29, 0.717) is 12.0 Å². The molecule has 0 aliphatic heterocycles. The van der Waals surface area contributed by atoms with Crippen molar-refractivity contribution in [2.24, 2.45) is 11.7 Å². The van der Waals surface area contributed by atoms with Gasteiger partial charge in [-0.2, -0.15) is 0 Å². The van der Waals surface area contributed by atoms with Crippen LogP contribution in [0.5, 0.6) is 0 Å². The molecule has 3 nitrogen and oxygen atoms in total. The van der Waals surface area contributed by atoms with Gasteiger partial charge in [0, 0.05) is 6.04 Å². The highest BCUT2D eigenvalue weighted by Gasteiger charge is 2.32. The average Bonchev–Trinajstić information content (AvgIpc) is 2.02. The van der Waals surface area contributed by atoms with E-state index in [9.17, 15) is 4.79 Å². The second-order valence-corrected chi connectivity index (χ2v) is 4.75. The van der Waals surface area contributed by atoms with Crippen LogP contribution in [0.1, 0.15) is 47.5 Å². The third kappa shape index (κ3) is 4.09. The van der Waals surface area contributed by atoms with Gasteiger partial charge < -0.3 is 11.1 Å². The van der Waals surface area contributed by atoms with Crippen LogP contribution in [0.15, 0.2) is 0 Å². The monoisotopic (exact) mass is 200 g/mol. The fourth-order valence-corrected chi connectivity index (χ4v) is 1.69. The van der Waals surface area contributed by atoms with Crippen molar-refractivity contribution in [3.63, 3.8) is 0 Å². The Balaban J connectivity index is 4.47. The fourth-order valence-electron chi connectivity index (χ4n) is 1.69. The minimum atomic E-state index is -0.566. The van der Waals surface area contributed by atoms with Crippen LogP contribution in [0.3, 0.4) is 0 Å². The first-order valence-corrected chi connectivity index (χ1v) is 5.39. The Kier molecular flexibility index (Phi) is 5.13. The van der Waals surface area contributed by atoms with Crippen molar-refractivity contribution < 1.29 is 4.79 Å². The molecule has 0 aromatic carbocycles. The molecule has 2 atom stereocenters. The lowest BCUT2D eigenvalue weighted by molar-refractivity contribution is -0.124. The summed E-state index contributed by atoms with van der Waals surface area (Å²) in [5.74, 6) is 0.204. The number of hydrogen-bond acceptors (Lipinski definition) is 2. The van der Waals surface area contributed by atoms with Gasteiger partial charge in [-0.15, -0.1) is 0 Å². The molecular weight excluding hydrogens is 176 g/mol. The third-order valence-electron chi connectivity index (χ3n) is 2.54. The van der Waals surface area contributed by atoms with E-state index in [1.54, 1.807) is 0 Å². The van der Waals surface area contributed by atoms with Crippen molar-refractivity contribution in [3.05, 3.63) is 0 Å². The second kappa shape index (κ2) is 5.35. The van der Waals surface area contributed by atoms with E-state index >= 15 is 0 Å². The number of primary amides is 1. The molecule has 0 radical (unpaired) electrons. The normalized spacial score (nSPS) is 17.9. The first kappa shape index (κ1) is 13.4. The number of amides is 1. The van der Waals surface area contributed by atoms with E-state index in [1.165, 1.54) is 0 Å². The predicted octanol–water partition coefficient (Wildman–Crippen LogP) is 1.66. The molecule has 14 heavy (non-hydrogen) atoms. The molecule has 0 saturated heterocycles. The standard InChI is InChI=1S/C11H24N2O/c1-6-9(4)13-11(5,10(12)14)7-8(2)3/h8-9,13H,6-7H2,1-5H3,(H2,12,14). The van der Waals surface area contributed by atoms with Crippen molar-refractivity contribution >= 4 is 5.91 Å². The van der Waals surface area contributed by atoms with Crippen LogP contribution in [0, 0.1) is 5.92 Å². The largest absolute Gasteiger partial charge is 0.368 e. The van der Waals surface area contributed by atoms with Crippen molar-refractivity contribution in [3.8, 4) is 0 Å². The Hall–Kier alpha value is -0.570. The maximum Gasteiger partial charge on any atom is 0.237 e. The molecule has 0 aromatic heterocycles. The minimum Gasteiger partial charge on any atom is -0.368 e. The summed E-state index contributed by atoms with van der Waals surface area (Å²) in [6, 6.07) is 0.325. The topological polar surface area (TPSA) is 55.1 Å². The number of nitrogens with two attached hydrogens (primary N) is 1. The predicted molar refractivity (Wildman–Crippen MR) is 59.9 cm³/mol. The average molecular weight is 200 g/mol. The molecule has 3 heteroatoms. The molecule has 3 N–H and O–H groups in total. The van der Waals surface area contributed by atoms with Gasteiger partial charge in [0.1, 0.15) is 0 Å². The number of nitrogens with one attached hydrogen (secondary N) is 1. The van der Waals surface area contributed by atoms with E-state index in [-0.39, 0.29) is 5.91 Å². The van der Waals surface area contributed by atoms with E-state index in [0.717, 1.165) is 12.8 Å². The summed E-state index contributed by atoms with van der Waals surface area (Å²) in [4.78, 5) is 11.4. The second-order valence-electron chi connectivity index (χ2n) is 4.75. The van der Waals surface area contributed by atoms with Crippen molar-refractivity contribution in [2.45, 2.75) is 59.0 Å². The highest BCUT2D eigenvalue weighted by atomic mass is 16.1. The van der Waals surface area contributed by atoms with Crippen LogP contribution in [-0.4, -0.2) is 17.5 Å². The van der Waals surface area contributed by atoms with Crippen molar-refractivity contribution in [1.29, 1.82) is 0 Å². The Labute approximate surface area is 87.4 Å². The van der Waals surface area contributed by atoms with Crippen LogP contribution in [0.4, 0.5) is 0 Å². The van der Waals surface area contributed by atoms with Crippen LogP contribution in [0.25, 0.3) is 0 Å². The van der Waals surface area contributed by atoms with Gasteiger partial charge in [-0.05, 0) is 32.6 Å². The van der Waals surface area contributed by atoms with Gasteiger partial charge in [0.25, 0.3) is 0 Å². The van der Waals surface area contributed by atoms with Crippen molar-refractivity contribution in [2.75, 3.05) is 0 Å². The third-order valence-corrected chi connectivity index (χ3v) is 2.54. The van der Waals surface area contributed by atoms with Gasteiger partial charge in [-0.1, -0.05) is 20.8 Å². The lowest BCUT2D eigenvalue weighted by Crippen LogP contribution is -2.56. The first-order chi connectivity index (χ1) is 6.31. The molecule has 0 aliphatic carbocycles. The molecule has 2 unspecified atom stereocenters. The van der Waals surface area contributed by atoms with Gasteiger partial charge in [-0.3, -0.25) is 4.79 Å². The molecule has 0 aliphatic rings. The lowest BCUT2D eigenvalue weighted by Gasteiger charge is -2.32. The molecule has 0 bridgehead atoms. The molecule has 0 rings (SSSR count). The zero-order valence-corrected chi connectivity index (χ0v) is 10.1. The summed E-state index contributed by atoms with van der Waals surface area (Å²) in [7, 11) is 0. The van der Waals surface area contributed by atoms with Gasteiger partial charge in [0.05, 0.1) is 5.54 Å². The lowest BCUT2D eigenvalue weighted by atomic mass is 9.89. The number of rotatable bonds is 6. The maximum absolute atomic E-state index is 11.4. The van der Waals surface area contributed by atoms with E-state index in [2.05, 4.69) is 33.0 Å². The summed E-state index contributed by atoms with van der Waals surface area (Å²) >= 11 is 0. The van der Waals surface area contributed by atoms with Crippen LogP contribution in [-0.2, 0) is 4.79 Å². The molecule has 0 spiro atoms.